The van der Waals surface area contributed by atoms with Crippen LogP contribution in [0.25, 0.3) is 0 Å². The topological polar surface area (TPSA) is 50.2 Å². The lowest BCUT2D eigenvalue weighted by Gasteiger charge is -2.02. The number of thiazole rings is 1. The molecule has 88 valence electrons. The van der Waals surface area contributed by atoms with Crippen molar-refractivity contribution >= 4 is 60.9 Å². The van der Waals surface area contributed by atoms with Crippen molar-refractivity contribution in [3.63, 3.8) is 0 Å². The molecule has 0 aliphatic rings. The van der Waals surface area contributed by atoms with Crippen molar-refractivity contribution in [3.8, 4) is 0 Å². The number of carboxylic acid groups (broad SMARTS) is 1. The Bertz CT molecular complexity index is 571. The van der Waals surface area contributed by atoms with E-state index in [4.69, 9.17) is 5.11 Å². The Morgan fingerprint density at radius 1 is 1.41 bits per heavy atom. The van der Waals surface area contributed by atoms with Crippen LogP contribution >= 0.6 is 55.0 Å². The maximum absolute atomic E-state index is 11.0. The third kappa shape index (κ3) is 3.31. The number of aromatic nitrogens is 1. The molecule has 2 aromatic rings. The maximum atomic E-state index is 11.0. The molecule has 0 spiro atoms. The summed E-state index contributed by atoms with van der Waals surface area (Å²) in [6, 6.07) is 5.22. The lowest BCUT2D eigenvalue weighted by Crippen LogP contribution is -1.97. The number of carboxylic acids is 1. The number of aromatic carboxylic acids is 1. The zero-order chi connectivity index (χ0) is 12.4. The fourth-order valence-electron chi connectivity index (χ4n) is 1.12. The highest BCUT2D eigenvalue weighted by Crippen LogP contribution is 2.33. The quantitative estimate of drug-likeness (QED) is 0.831. The van der Waals surface area contributed by atoms with Crippen molar-refractivity contribution in [1.29, 1.82) is 0 Å². The van der Waals surface area contributed by atoms with Crippen LogP contribution in [0.4, 0.5) is 0 Å². The molecule has 2 rings (SSSR count). The molecule has 1 heterocycles. The molecule has 0 saturated carbocycles. The second-order valence-electron chi connectivity index (χ2n) is 2.99. The summed E-state index contributed by atoms with van der Waals surface area (Å²) in [4.78, 5) is 16.1. The minimum absolute atomic E-state index is 0.255. The standard InChI is InChI=1S/C10H5Br2NO2S2/c11-7-2-1-5(3-6(7)9(14)15)17-10-13-8(12)4-16-10/h1-4H,(H,14,15). The molecular weight excluding hydrogens is 390 g/mol. The Kier molecular flexibility index (Phi) is 4.24. The van der Waals surface area contributed by atoms with Crippen molar-refractivity contribution in [2.45, 2.75) is 9.24 Å². The van der Waals surface area contributed by atoms with Gasteiger partial charge in [0.15, 0.2) is 4.34 Å². The van der Waals surface area contributed by atoms with Gasteiger partial charge in [-0.15, -0.1) is 11.3 Å². The van der Waals surface area contributed by atoms with Gasteiger partial charge >= 0.3 is 5.97 Å². The monoisotopic (exact) mass is 393 g/mol. The fraction of sp³-hybridized carbons (Fsp3) is 0. The third-order valence-electron chi connectivity index (χ3n) is 1.83. The average molecular weight is 395 g/mol. The van der Waals surface area contributed by atoms with Crippen molar-refractivity contribution in [1.82, 2.24) is 4.98 Å². The minimum Gasteiger partial charge on any atom is -0.478 e. The molecule has 1 aromatic heterocycles. The second-order valence-corrected chi connectivity index (χ2v) is 6.83. The summed E-state index contributed by atoms with van der Waals surface area (Å²) in [5, 5.41) is 10.9. The molecule has 7 heteroatoms. The Morgan fingerprint density at radius 2 is 2.18 bits per heavy atom. The fourth-order valence-corrected chi connectivity index (χ4v) is 3.91. The summed E-state index contributed by atoms with van der Waals surface area (Å²) < 4.78 is 2.24. The highest BCUT2D eigenvalue weighted by Gasteiger charge is 2.10. The van der Waals surface area contributed by atoms with Crippen LogP contribution in [0, 0.1) is 0 Å². The molecule has 0 atom stereocenters. The van der Waals surface area contributed by atoms with Gasteiger partial charge in [0.1, 0.15) is 4.60 Å². The van der Waals surface area contributed by atoms with E-state index in [2.05, 4.69) is 36.8 Å². The van der Waals surface area contributed by atoms with Crippen molar-refractivity contribution < 1.29 is 9.90 Å². The van der Waals surface area contributed by atoms with Crippen LogP contribution in [0.2, 0.25) is 0 Å². The molecule has 3 nitrogen and oxygen atoms in total. The lowest BCUT2D eigenvalue weighted by atomic mass is 10.2. The molecule has 0 aliphatic carbocycles. The molecule has 0 aliphatic heterocycles. The van der Waals surface area contributed by atoms with Crippen LogP contribution < -0.4 is 0 Å². The number of rotatable bonds is 3. The molecule has 0 fully saturated rings. The van der Waals surface area contributed by atoms with Gasteiger partial charge in [-0.25, -0.2) is 9.78 Å². The first-order valence-corrected chi connectivity index (χ1v) is 7.66. The maximum Gasteiger partial charge on any atom is 0.336 e. The van der Waals surface area contributed by atoms with Crippen molar-refractivity contribution in [2.75, 3.05) is 0 Å². The van der Waals surface area contributed by atoms with Gasteiger partial charge in [0, 0.05) is 14.7 Å². The molecule has 1 aromatic carbocycles. The SMILES string of the molecule is O=C(O)c1cc(Sc2nc(Br)cs2)ccc1Br. The van der Waals surface area contributed by atoms with Gasteiger partial charge in [0.2, 0.25) is 0 Å². The lowest BCUT2D eigenvalue weighted by molar-refractivity contribution is 0.0695. The third-order valence-corrected chi connectivity index (χ3v) is 5.16. The molecule has 0 unspecified atom stereocenters. The normalized spacial score (nSPS) is 10.5. The van der Waals surface area contributed by atoms with Crippen LogP contribution in [-0.2, 0) is 0 Å². The van der Waals surface area contributed by atoms with Gasteiger partial charge in [-0.2, -0.15) is 0 Å². The van der Waals surface area contributed by atoms with E-state index in [9.17, 15) is 4.79 Å². The van der Waals surface area contributed by atoms with E-state index < -0.39 is 5.97 Å². The van der Waals surface area contributed by atoms with E-state index in [0.717, 1.165) is 13.8 Å². The molecule has 0 bridgehead atoms. The zero-order valence-corrected chi connectivity index (χ0v) is 13.0. The van der Waals surface area contributed by atoms with Crippen molar-refractivity contribution in [3.05, 3.63) is 38.2 Å². The highest BCUT2D eigenvalue weighted by molar-refractivity contribution is 9.10. The van der Waals surface area contributed by atoms with Crippen molar-refractivity contribution in [2.24, 2.45) is 0 Å². The number of halogens is 2. The molecule has 0 saturated heterocycles. The van der Waals surface area contributed by atoms with Gasteiger partial charge < -0.3 is 5.11 Å². The summed E-state index contributed by atoms with van der Waals surface area (Å²) in [5.74, 6) is -0.945. The molecule has 0 amide bonds. The molecule has 17 heavy (non-hydrogen) atoms. The number of nitrogens with zero attached hydrogens (tertiary/aromatic N) is 1. The summed E-state index contributed by atoms with van der Waals surface area (Å²) in [7, 11) is 0. The Hall–Kier alpha value is -0.370. The summed E-state index contributed by atoms with van der Waals surface area (Å²) in [6.45, 7) is 0. The van der Waals surface area contributed by atoms with Gasteiger partial charge in [-0.1, -0.05) is 11.8 Å². The Balaban J connectivity index is 2.28. The van der Waals surface area contributed by atoms with E-state index >= 15 is 0 Å². The zero-order valence-electron chi connectivity index (χ0n) is 8.18. The van der Waals surface area contributed by atoms with Crippen LogP contribution in [-0.4, -0.2) is 16.1 Å². The summed E-state index contributed by atoms with van der Waals surface area (Å²) >= 11 is 9.44. The molecule has 0 radical (unpaired) electrons. The average Bonchev–Trinajstić information content (AvgIpc) is 2.66. The molecule has 1 N–H and O–H groups in total. The minimum atomic E-state index is -0.945. The van der Waals surface area contributed by atoms with Crippen LogP contribution in [0.3, 0.4) is 0 Å². The molecular formula is C10H5Br2NO2S2. The van der Waals surface area contributed by atoms with E-state index in [1.807, 2.05) is 11.4 Å². The number of benzene rings is 1. The van der Waals surface area contributed by atoms with E-state index in [1.54, 1.807) is 12.1 Å². The number of carbonyl (C=O) groups is 1. The summed E-state index contributed by atoms with van der Waals surface area (Å²) in [5.41, 5.74) is 0.255. The first-order valence-electron chi connectivity index (χ1n) is 4.38. The Labute approximate surface area is 123 Å². The highest BCUT2D eigenvalue weighted by atomic mass is 79.9. The van der Waals surface area contributed by atoms with Crippen LogP contribution in [0.5, 0.6) is 0 Å². The van der Waals surface area contributed by atoms with E-state index in [1.165, 1.54) is 23.1 Å². The number of hydrogen-bond donors (Lipinski definition) is 1. The second kappa shape index (κ2) is 5.51. The number of hydrogen-bond acceptors (Lipinski definition) is 4. The summed E-state index contributed by atoms with van der Waals surface area (Å²) in [6.07, 6.45) is 0. The largest absolute Gasteiger partial charge is 0.478 e. The first kappa shape index (κ1) is 13.1. The predicted molar refractivity (Wildman–Crippen MR) is 75.0 cm³/mol. The predicted octanol–water partition coefficient (Wildman–Crippen LogP) is 4.52. The van der Waals surface area contributed by atoms with Gasteiger partial charge in [0.05, 0.1) is 5.56 Å². The van der Waals surface area contributed by atoms with Crippen LogP contribution in [0.15, 0.2) is 41.9 Å². The smallest absolute Gasteiger partial charge is 0.336 e. The van der Waals surface area contributed by atoms with Gasteiger partial charge in [0.25, 0.3) is 0 Å². The Morgan fingerprint density at radius 3 is 2.76 bits per heavy atom. The van der Waals surface area contributed by atoms with Crippen LogP contribution in [0.1, 0.15) is 10.4 Å². The van der Waals surface area contributed by atoms with E-state index in [0.29, 0.717) is 4.47 Å². The first-order chi connectivity index (χ1) is 8.06. The van der Waals surface area contributed by atoms with Gasteiger partial charge in [-0.05, 0) is 50.1 Å². The van der Waals surface area contributed by atoms with E-state index in [-0.39, 0.29) is 5.56 Å². The van der Waals surface area contributed by atoms with Gasteiger partial charge in [-0.3, -0.25) is 0 Å².